The van der Waals surface area contributed by atoms with E-state index in [9.17, 15) is 0 Å². The van der Waals surface area contributed by atoms with E-state index < -0.39 is 0 Å². The van der Waals surface area contributed by atoms with Crippen LogP contribution in [0.4, 0.5) is 0 Å². The molecule has 0 N–H and O–H groups in total. The maximum Gasteiger partial charge on any atom is 0.0994 e. The Hall–Kier alpha value is -1.80. The van der Waals surface area contributed by atoms with Gasteiger partial charge in [0.1, 0.15) is 0 Å². The summed E-state index contributed by atoms with van der Waals surface area (Å²) in [5, 5.41) is 17.5. The fourth-order valence-corrected chi connectivity index (χ4v) is 1.34. The molecule has 0 radical (unpaired) electrons. The predicted molar refractivity (Wildman–Crippen MR) is 54.5 cm³/mol. The summed E-state index contributed by atoms with van der Waals surface area (Å²) < 4.78 is 0. The molecule has 0 fully saturated rings. The van der Waals surface area contributed by atoms with E-state index in [0.717, 1.165) is 24.8 Å². The molecular formula is C12H12N2. The molecule has 0 amide bonds. The molecule has 2 nitrogen and oxygen atoms in total. The molecule has 0 aliphatic carbocycles. The number of unbranched alkanes of at least 4 members (excludes halogenated alkanes) is 1. The minimum absolute atomic E-state index is 0.557. The Morgan fingerprint density at radius 3 is 2.57 bits per heavy atom. The second-order valence-corrected chi connectivity index (χ2v) is 3.20. The van der Waals surface area contributed by atoms with Crippen molar-refractivity contribution in [3.8, 4) is 12.1 Å². The monoisotopic (exact) mass is 184 g/mol. The molecular weight excluding hydrogens is 172 g/mol. The van der Waals surface area contributed by atoms with E-state index in [4.69, 9.17) is 10.5 Å². The zero-order valence-corrected chi connectivity index (χ0v) is 8.25. The van der Waals surface area contributed by atoms with Crippen molar-refractivity contribution in [2.75, 3.05) is 0 Å². The van der Waals surface area contributed by atoms with Gasteiger partial charge < -0.3 is 0 Å². The van der Waals surface area contributed by atoms with Gasteiger partial charge in [-0.3, -0.25) is 0 Å². The number of nitrogens with zero attached hydrogens (tertiary/aromatic N) is 2. The highest BCUT2D eigenvalue weighted by Crippen LogP contribution is 2.13. The van der Waals surface area contributed by atoms with Crippen LogP contribution in [0.25, 0.3) is 0 Å². The molecule has 0 unspecified atom stereocenters. The summed E-state index contributed by atoms with van der Waals surface area (Å²) in [6, 6.07) is 9.47. The second kappa shape index (κ2) is 5.04. The molecule has 2 heteroatoms. The SMILES string of the molecule is CCCCc1ccc(C#N)cc1C#N. The number of nitriles is 2. The number of hydrogen-bond acceptors (Lipinski definition) is 2. The third-order valence-electron chi connectivity index (χ3n) is 2.16. The predicted octanol–water partition coefficient (Wildman–Crippen LogP) is 2.77. The number of hydrogen-bond donors (Lipinski definition) is 0. The van der Waals surface area contributed by atoms with Crippen molar-refractivity contribution in [2.45, 2.75) is 26.2 Å². The van der Waals surface area contributed by atoms with E-state index in [1.165, 1.54) is 0 Å². The van der Waals surface area contributed by atoms with Crippen LogP contribution in [0.2, 0.25) is 0 Å². The quantitative estimate of drug-likeness (QED) is 0.725. The molecule has 0 saturated carbocycles. The van der Waals surface area contributed by atoms with Crippen LogP contribution in [0.1, 0.15) is 36.5 Å². The second-order valence-electron chi connectivity index (χ2n) is 3.20. The Bertz CT molecular complexity index is 394. The summed E-state index contributed by atoms with van der Waals surface area (Å²) in [6.45, 7) is 2.12. The Morgan fingerprint density at radius 1 is 1.21 bits per heavy atom. The van der Waals surface area contributed by atoms with Crippen molar-refractivity contribution >= 4 is 0 Å². The standard InChI is InChI=1S/C12H12N2/c1-2-3-4-11-6-5-10(8-13)7-12(11)9-14/h5-7H,2-4H2,1H3. The molecule has 0 bridgehead atoms. The van der Waals surface area contributed by atoms with Gasteiger partial charge in [0.05, 0.1) is 23.3 Å². The molecule has 0 heterocycles. The van der Waals surface area contributed by atoms with Gasteiger partial charge in [-0.2, -0.15) is 10.5 Å². The minimum Gasteiger partial charge on any atom is -0.192 e. The summed E-state index contributed by atoms with van der Waals surface area (Å²) >= 11 is 0. The molecule has 70 valence electrons. The van der Waals surface area contributed by atoms with Crippen LogP contribution in [0.3, 0.4) is 0 Å². The highest BCUT2D eigenvalue weighted by atomic mass is 14.3. The molecule has 0 aliphatic rings. The zero-order chi connectivity index (χ0) is 10.4. The Kier molecular flexibility index (Phi) is 3.70. The van der Waals surface area contributed by atoms with Crippen molar-refractivity contribution < 1.29 is 0 Å². The summed E-state index contributed by atoms with van der Waals surface area (Å²) in [6.07, 6.45) is 3.12. The van der Waals surface area contributed by atoms with Crippen LogP contribution in [0.15, 0.2) is 18.2 Å². The van der Waals surface area contributed by atoms with Gasteiger partial charge >= 0.3 is 0 Å². The van der Waals surface area contributed by atoms with E-state index in [0.29, 0.717) is 11.1 Å². The summed E-state index contributed by atoms with van der Waals surface area (Å²) in [4.78, 5) is 0. The lowest BCUT2D eigenvalue weighted by Gasteiger charge is -2.02. The average Bonchev–Trinajstić information content (AvgIpc) is 2.26. The first-order valence-corrected chi connectivity index (χ1v) is 4.75. The maximum atomic E-state index is 8.88. The fourth-order valence-electron chi connectivity index (χ4n) is 1.34. The molecule has 14 heavy (non-hydrogen) atoms. The zero-order valence-electron chi connectivity index (χ0n) is 8.25. The first-order valence-electron chi connectivity index (χ1n) is 4.75. The van der Waals surface area contributed by atoms with E-state index in [1.807, 2.05) is 12.1 Å². The van der Waals surface area contributed by atoms with Crippen molar-refractivity contribution in [3.63, 3.8) is 0 Å². The van der Waals surface area contributed by atoms with Crippen molar-refractivity contribution in [1.29, 1.82) is 10.5 Å². The normalized spacial score (nSPS) is 9.07. The average molecular weight is 184 g/mol. The van der Waals surface area contributed by atoms with Crippen LogP contribution >= 0.6 is 0 Å². The highest BCUT2D eigenvalue weighted by Gasteiger charge is 2.02. The largest absolute Gasteiger partial charge is 0.192 e. The Labute approximate surface area is 84.4 Å². The first-order chi connectivity index (χ1) is 6.81. The third-order valence-corrected chi connectivity index (χ3v) is 2.16. The molecule has 0 atom stereocenters. The lowest BCUT2D eigenvalue weighted by Crippen LogP contribution is -1.91. The molecule has 0 saturated heterocycles. The van der Waals surface area contributed by atoms with Crippen LogP contribution < -0.4 is 0 Å². The van der Waals surface area contributed by atoms with Gasteiger partial charge in [0, 0.05) is 0 Å². The van der Waals surface area contributed by atoms with Gasteiger partial charge in [0.2, 0.25) is 0 Å². The van der Waals surface area contributed by atoms with Crippen molar-refractivity contribution in [3.05, 3.63) is 34.9 Å². The van der Waals surface area contributed by atoms with E-state index in [1.54, 1.807) is 12.1 Å². The van der Waals surface area contributed by atoms with Crippen LogP contribution in [0, 0.1) is 22.7 Å². The van der Waals surface area contributed by atoms with Crippen LogP contribution in [-0.4, -0.2) is 0 Å². The van der Waals surface area contributed by atoms with Gasteiger partial charge in [-0.25, -0.2) is 0 Å². The highest BCUT2D eigenvalue weighted by molar-refractivity contribution is 5.44. The fraction of sp³-hybridized carbons (Fsp3) is 0.333. The summed E-state index contributed by atoms with van der Waals surface area (Å²) in [5.74, 6) is 0. The molecule has 0 spiro atoms. The topological polar surface area (TPSA) is 47.6 Å². The number of rotatable bonds is 3. The van der Waals surface area contributed by atoms with Crippen molar-refractivity contribution in [1.82, 2.24) is 0 Å². The third kappa shape index (κ3) is 2.34. The van der Waals surface area contributed by atoms with Gasteiger partial charge in [-0.1, -0.05) is 19.4 Å². The molecule has 0 aliphatic heterocycles. The van der Waals surface area contributed by atoms with E-state index >= 15 is 0 Å². The Morgan fingerprint density at radius 2 is 2.00 bits per heavy atom. The Balaban J connectivity index is 2.96. The molecule has 1 rings (SSSR count). The minimum atomic E-state index is 0.557. The maximum absolute atomic E-state index is 8.88. The summed E-state index contributed by atoms with van der Waals surface area (Å²) in [7, 11) is 0. The smallest absolute Gasteiger partial charge is 0.0994 e. The van der Waals surface area contributed by atoms with Gasteiger partial charge in [0.15, 0.2) is 0 Å². The van der Waals surface area contributed by atoms with Gasteiger partial charge in [0.25, 0.3) is 0 Å². The van der Waals surface area contributed by atoms with Gasteiger partial charge in [-0.15, -0.1) is 0 Å². The van der Waals surface area contributed by atoms with E-state index in [-0.39, 0.29) is 0 Å². The van der Waals surface area contributed by atoms with Crippen LogP contribution in [-0.2, 0) is 6.42 Å². The molecule has 0 aromatic heterocycles. The first kappa shape index (κ1) is 10.3. The van der Waals surface area contributed by atoms with Crippen LogP contribution in [0.5, 0.6) is 0 Å². The van der Waals surface area contributed by atoms with Gasteiger partial charge in [-0.05, 0) is 30.5 Å². The van der Waals surface area contributed by atoms with E-state index in [2.05, 4.69) is 13.0 Å². The summed E-state index contributed by atoms with van der Waals surface area (Å²) in [5.41, 5.74) is 2.24. The molecule has 1 aromatic rings. The van der Waals surface area contributed by atoms with Crippen molar-refractivity contribution in [2.24, 2.45) is 0 Å². The number of aryl methyl sites for hydroxylation is 1. The number of benzene rings is 1. The lowest BCUT2D eigenvalue weighted by molar-refractivity contribution is 0.793. The molecule has 1 aromatic carbocycles. The lowest BCUT2D eigenvalue weighted by atomic mass is 10.0.